The Morgan fingerprint density at radius 1 is 1.19 bits per heavy atom. The van der Waals surface area contributed by atoms with Crippen molar-refractivity contribution in [3.63, 3.8) is 0 Å². The summed E-state index contributed by atoms with van der Waals surface area (Å²) in [6.45, 7) is 4.39. The first-order valence-corrected chi connectivity index (χ1v) is 8.69. The second-order valence-corrected chi connectivity index (χ2v) is 6.74. The summed E-state index contributed by atoms with van der Waals surface area (Å²) in [7, 11) is 2.27. The van der Waals surface area contributed by atoms with Crippen LogP contribution in [0, 0.1) is 6.92 Å². The molecule has 2 N–H and O–H groups in total. The SMILES string of the molecule is CCC(N)Cc1ccc(N(C)C2CCCCCC2)cc1C. The van der Waals surface area contributed by atoms with Gasteiger partial charge in [-0.15, -0.1) is 0 Å². The highest BCUT2D eigenvalue weighted by Crippen LogP contribution is 2.27. The monoisotopic (exact) mass is 288 g/mol. The third kappa shape index (κ3) is 4.47. The van der Waals surface area contributed by atoms with Gasteiger partial charge < -0.3 is 10.6 Å². The third-order valence-corrected chi connectivity index (χ3v) is 5.11. The Labute approximate surface area is 130 Å². The Morgan fingerprint density at radius 2 is 1.86 bits per heavy atom. The highest BCUT2D eigenvalue weighted by atomic mass is 15.1. The van der Waals surface area contributed by atoms with Crippen molar-refractivity contribution in [1.29, 1.82) is 0 Å². The zero-order chi connectivity index (χ0) is 15.2. The van der Waals surface area contributed by atoms with E-state index in [9.17, 15) is 0 Å². The van der Waals surface area contributed by atoms with Gasteiger partial charge in [-0.05, 0) is 55.9 Å². The van der Waals surface area contributed by atoms with Crippen LogP contribution in [0.5, 0.6) is 0 Å². The van der Waals surface area contributed by atoms with Crippen molar-refractivity contribution in [3.05, 3.63) is 29.3 Å². The molecule has 0 saturated heterocycles. The molecule has 1 aliphatic rings. The molecule has 2 nitrogen and oxygen atoms in total. The van der Waals surface area contributed by atoms with Gasteiger partial charge in [0.1, 0.15) is 0 Å². The standard InChI is InChI=1S/C19H32N2/c1-4-17(20)14-16-11-12-19(13-15(16)2)21(3)18-9-7-5-6-8-10-18/h11-13,17-18H,4-10,14,20H2,1-3H3. The number of nitrogens with zero attached hydrogens (tertiary/aromatic N) is 1. The van der Waals surface area contributed by atoms with Gasteiger partial charge in [0.2, 0.25) is 0 Å². The second-order valence-electron chi connectivity index (χ2n) is 6.74. The van der Waals surface area contributed by atoms with Gasteiger partial charge in [0.25, 0.3) is 0 Å². The highest BCUT2D eigenvalue weighted by molar-refractivity contribution is 5.51. The Bertz CT molecular complexity index is 433. The molecule has 0 bridgehead atoms. The van der Waals surface area contributed by atoms with Crippen LogP contribution in [0.1, 0.15) is 63.0 Å². The van der Waals surface area contributed by atoms with E-state index in [0.717, 1.165) is 18.9 Å². The molecule has 21 heavy (non-hydrogen) atoms. The lowest BCUT2D eigenvalue weighted by atomic mass is 9.98. The lowest BCUT2D eigenvalue weighted by Gasteiger charge is -2.30. The van der Waals surface area contributed by atoms with Crippen LogP contribution < -0.4 is 10.6 Å². The number of anilines is 1. The Hall–Kier alpha value is -1.02. The van der Waals surface area contributed by atoms with Crippen LogP contribution >= 0.6 is 0 Å². The smallest absolute Gasteiger partial charge is 0.0368 e. The first-order valence-electron chi connectivity index (χ1n) is 8.69. The lowest BCUT2D eigenvalue weighted by molar-refractivity contribution is 0.553. The van der Waals surface area contributed by atoms with Gasteiger partial charge in [-0.1, -0.05) is 38.7 Å². The Kier molecular flexibility index (Phi) is 6.10. The van der Waals surface area contributed by atoms with Crippen molar-refractivity contribution in [3.8, 4) is 0 Å². The number of nitrogens with two attached hydrogens (primary N) is 1. The van der Waals surface area contributed by atoms with E-state index in [1.54, 1.807) is 0 Å². The van der Waals surface area contributed by atoms with Crippen molar-refractivity contribution in [1.82, 2.24) is 0 Å². The van der Waals surface area contributed by atoms with Gasteiger partial charge in [0.05, 0.1) is 0 Å². The number of benzene rings is 1. The van der Waals surface area contributed by atoms with Gasteiger partial charge in [0.15, 0.2) is 0 Å². The molecule has 0 aliphatic heterocycles. The van der Waals surface area contributed by atoms with E-state index in [-0.39, 0.29) is 6.04 Å². The number of hydrogen-bond acceptors (Lipinski definition) is 2. The molecule has 2 heteroatoms. The Balaban J connectivity index is 2.07. The summed E-state index contributed by atoms with van der Waals surface area (Å²) in [5.41, 5.74) is 10.3. The minimum Gasteiger partial charge on any atom is -0.372 e. The lowest BCUT2D eigenvalue weighted by Crippen LogP contribution is -2.31. The zero-order valence-corrected chi connectivity index (χ0v) is 14.1. The third-order valence-electron chi connectivity index (χ3n) is 5.11. The van der Waals surface area contributed by atoms with Crippen molar-refractivity contribution in [2.75, 3.05) is 11.9 Å². The van der Waals surface area contributed by atoms with Gasteiger partial charge in [-0.3, -0.25) is 0 Å². The summed E-state index contributed by atoms with van der Waals surface area (Å²) in [5.74, 6) is 0. The molecule has 1 saturated carbocycles. The average Bonchev–Trinajstić information content (AvgIpc) is 2.77. The van der Waals surface area contributed by atoms with Crippen LogP contribution in [0.4, 0.5) is 5.69 Å². The van der Waals surface area contributed by atoms with E-state index < -0.39 is 0 Å². The molecule has 1 aliphatic carbocycles. The Morgan fingerprint density at radius 3 is 2.43 bits per heavy atom. The summed E-state index contributed by atoms with van der Waals surface area (Å²) in [4.78, 5) is 2.50. The van der Waals surface area contributed by atoms with Crippen LogP contribution in [-0.2, 0) is 6.42 Å². The normalized spacial score (nSPS) is 18.3. The van der Waals surface area contributed by atoms with E-state index in [0.29, 0.717) is 0 Å². The summed E-state index contributed by atoms with van der Waals surface area (Å²) in [6, 6.07) is 7.93. The van der Waals surface area contributed by atoms with Crippen LogP contribution in [0.3, 0.4) is 0 Å². The number of rotatable bonds is 5. The van der Waals surface area contributed by atoms with Crippen LogP contribution in [0.2, 0.25) is 0 Å². The summed E-state index contributed by atoms with van der Waals surface area (Å²) in [5, 5.41) is 0. The van der Waals surface area contributed by atoms with Gasteiger partial charge in [-0.25, -0.2) is 0 Å². The minimum absolute atomic E-state index is 0.286. The van der Waals surface area contributed by atoms with E-state index in [2.05, 4.69) is 44.0 Å². The zero-order valence-electron chi connectivity index (χ0n) is 14.1. The van der Waals surface area contributed by atoms with Crippen molar-refractivity contribution in [2.45, 2.75) is 77.3 Å². The molecule has 2 rings (SSSR count). The maximum Gasteiger partial charge on any atom is 0.0368 e. The molecule has 0 aromatic heterocycles. The molecule has 1 aromatic rings. The first-order chi connectivity index (χ1) is 10.1. The molecule has 1 fully saturated rings. The van der Waals surface area contributed by atoms with Crippen LogP contribution in [0.25, 0.3) is 0 Å². The molecule has 0 heterocycles. The molecule has 1 aromatic carbocycles. The number of aryl methyl sites for hydroxylation is 1. The molecule has 0 amide bonds. The largest absolute Gasteiger partial charge is 0.372 e. The molecule has 1 unspecified atom stereocenters. The van der Waals surface area contributed by atoms with E-state index in [4.69, 9.17) is 5.73 Å². The number of hydrogen-bond donors (Lipinski definition) is 1. The average molecular weight is 288 g/mol. The maximum absolute atomic E-state index is 6.10. The van der Waals surface area contributed by atoms with E-state index >= 15 is 0 Å². The minimum atomic E-state index is 0.286. The predicted octanol–water partition coefficient (Wildman–Crippen LogP) is 4.43. The first kappa shape index (κ1) is 16.4. The van der Waals surface area contributed by atoms with Crippen molar-refractivity contribution < 1.29 is 0 Å². The second kappa shape index (κ2) is 7.84. The molecule has 1 atom stereocenters. The fourth-order valence-electron chi connectivity index (χ4n) is 3.41. The topological polar surface area (TPSA) is 29.3 Å². The van der Waals surface area contributed by atoms with Gasteiger partial charge in [0, 0.05) is 24.8 Å². The fourth-order valence-corrected chi connectivity index (χ4v) is 3.41. The summed E-state index contributed by atoms with van der Waals surface area (Å²) < 4.78 is 0. The van der Waals surface area contributed by atoms with E-state index in [1.165, 1.54) is 55.3 Å². The molecular weight excluding hydrogens is 256 g/mol. The van der Waals surface area contributed by atoms with Gasteiger partial charge in [-0.2, -0.15) is 0 Å². The molecule has 118 valence electrons. The molecule has 0 radical (unpaired) electrons. The molecular formula is C19H32N2. The van der Waals surface area contributed by atoms with Crippen molar-refractivity contribution in [2.24, 2.45) is 5.73 Å². The predicted molar refractivity (Wildman–Crippen MR) is 93.0 cm³/mol. The quantitative estimate of drug-likeness (QED) is 0.812. The van der Waals surface area contributed by atoms with E-state index in [1.807, 2.05) is 0 Å². The highest BCUT2D eigenvalue weighted by Gasteiger charge is 2.17. The van der Waals surface area contributed by atoms with Crippen molar-refractivity contribution >= 4 is 5.69 Å². The van der Waals surface area contributed by atoms with Crippen LogP contribution in [0.15, 0.2) is 18.2 Å². The van der Waals surface area contributed by atoms with Gasteiger partial charge >= 0.3 is 0 Å². The maximum atomic E-state index is 6.10. The molecule has 0 spiro atoms. The summed E-state index contributed by atoms with van der Waals surface area (Å²) in [6.07, 6.45) is 10.3. The van der Waals surface area contributed by atoms with Crippen LogP contribution in [-0.4, -0.2) is 19.1 Å². The summed E-state index contributed by atoms with van der Waals surface area (Å²) >= 11 is 0. The fraction of sp³-hybridized carbons (Fsp3) is 0.684.